The highest BCUT2D eigenvalue weighted by molar-refractivity contribution is 14.1. The van der Waals surface area contributed by atoms with Gasteiger partial charge in [-0.1, -0.05) is 6.07 Å². The number of amides is 3. The SMILES string of the molecule is COc1cc(/C=N\NC(=O)C(=O)NCc2ccco2)cc(I)c1OCC(=O)Nc1ccc(C)c(C)c1. The first kappa shape index (κ1) is 26.7. The first-order valence-corrected chi connectivity index (χ1v) is 11.9. The first-order chi connectivity index (χ1) is 17.3. The minimum atomic E-state index is -0.922. The molecule has 0 aliphatic heterocycles. The molecule has 36 heavy (non-hydrogen) atoms. The van der Waals surface area contributed by atoms with Crippen LogP contribution in [0.5, 0.6) is 11.5 Å². The van der Waals surface area contributed by atoms with Gasteiger partial charge in [0, 0.05) is 5.69 Å². The van der Waals surface area contributed by atoms with Crippen LogP contribution in [0.2, 0.25) is 0 Å². The topological polar surface area (TPSA) is 131 Å². The smallest absolute Gasteiger partial charge is 0.329 e. The molecule has 0 radical (unpaired) electrons. The lowest BCUT2D eigenvalue weighted by molar-refractivity contribution is -0.139. The van der Waals surface area contributed by atoms with Crippen molar-refractivity contribution >= 4 is 52.2 Å². The highest BCUT2D eigenvalue weighted by Gasteiger charge is 2.15. The van der Waals surface area contributed by atoms with Crippen molar-refractivity contribution in [2.75, 3.05) is 19.0 Å². The minimum absolute atomic E-state index is 0.0858. The van der Waals surface area contributed by atoms with Crippen LogP contribution in [0.25, 0.3) is 0 Å². The molecular weight excluding hydrogens is 579 g/mol. The van der Waals surface area contributed by atoms with E-state index >= 15 is 0 Å². The molecule has 3 rings (SSSR count). The highest BCUT2D eigenvalue weighted by atomic mass is 127. The van der Waals surface area contributed by atoms with E-state index in [4.69, 9.17) is 13.9 Å². The summed E-state index contributed by atoms with van der Waals surface area (Å²) in [4.78, 5) is 36.1. The lowest BCUT2D eigenvalue weighted by Gasteiger charge is -2.14. The molecule has 0 aliphatic rings. The number of hydrazone groups is 1. The van der Waals surface area contributed by atoms with E-state index in [2.05, 4.69) is 21.2 Å². The summed E-state index contributed by atoms with van der Waals surface area (Å²) in [5, 5.41) is 9.04. The van der Waals surface area contributed by atoms with Crippen molar-refractivity contribution in [2.24, 2.45) is 5.10 Å². The van der Waals surface area contributed by atoms with Gasteiger partial charge in [0.1, 0.15) is 5.76 Å². The fraction of sp³-hybridized carbons (Fsp3) is 0.200. The number of hydrogen-bond acceptors (Lipinski definition) is 7. The Morgan fingerprint density at radius 3 is 2.58 bits per heavy atom. The van der Waals surface area contributed by atoms with Crippen LogP contribution in [0.1, 0.15) is 22.5 Å². The average molecular weight is 604 g/mol. The third-order valence-electron chi connectivity index (χ3n) is 4.98. The number of carbonyl (C=O) groups is 3. The second-order valence-electron chi connectivity index (χ2n) is 7.63. The number of furan rings is 1. The van der Waals surface area contributed by atoms with Crippen LogP contribution in [-0.2, 0) is 20.9 Å². The third-order valence-corrected chi connectivity index (χ3v) is 5.78. The van der Waals surface area contributed by atoms with Crippen LogP contribution < -0.4 is 25.5 Å². The number of hydrogen-bond donors (Lipinski definition) is 3. The number of methoxy groups -OCH3 is 1. The zero-order valence-electron chi connectivity index (χ0n) is 19.9. The summed E-state index contributed by atoms with van der Waals surface area (Å²) in [6.45, 7) is 3.85. The molecule has 3 aromatic rings. The second-order valence-corrected chi connectivity index (χ2v) is 8.79. The summed E-state index contributed by atoms with van der Waals surface area (Å²) in [6.07, 6.45) is 2.83. The zero-order chi connectivity index (χ0) is 26.1. The van der Waals surface area contributed by atoms with E-state index in [0.717, 1.165) is 11.1 Å². The van der Waals surface area contributed by atoms with Gasteiger partial charge in [0.15, 0.2) is 18.1 Å². The van der Waals surface area contributed by atoms with Gasteiger partial charge in [-0.05, 0) is 89.5 Å². The molecule has 0 unspecified atom stereocenters. The molecule has 188 valence electrons. The molecule has 0 spiro atoms. The van der Waals surface area contributed by atoms with Crippen molar-refractivity contribution in [3.63, 3.8) is 0 Å². The maximum atomic E-state index is 12.4. The molecule has 0 atom stereocenters. The summed E-state index contributed by atoms with van der Waals surface area (Å²) in [5.41, 5.74) is 5.65. The number of carbonyl (C=O) groups excluding carboxylic acids is 3. The quantitative estimate of drug-likeness (QED) is 0.149. The molecule has 3 N–H and O–H groups in total. The third kappa shape index (κ3) is 7.57. The molecule has 0 fully saturated rings. The lowest BCUT2D eigenvalue weighted by atomic mass is 10.1. The van der Waals surface area contributed by atoms with Gasteiger partial charge in [0.25, 0.3) is 5.91 Å². The fourth-order valence-electron chi connectivity index (χ4n) is 2.99. The Morgan fingerprint density at radius 2 is 1.89 bits per heavy atom. The minimum Gasteiger partial charge on any atom is -0.493 e. The molecule has 1 aromatic heterocycles. The largest absolute Gasteiger partial charge is 0.493 e. The van der Waals surface area contributed by atoms with E-state index in [-0.39, 0.29) is 19.1 Å². The van der Waals surface area contributed by atoms with Gasteiger partial charge in [-0.3, -0.25) is 14.4 Å². The maximum Gasteiger partial charge on any atom is 0.329 e. The van der Waals surface area contributed by atoms with Crippen molar-refractivity contribution in [1.82, 2.24) is 10.7 Å². The van der Waals surface area contributed by atoms with Gasteiger partial charge < -0.3 is 24.5 Å². The van der Waals surface area contributed by atoms with Crippen LogP contribution in [0, 0.1) is 17.4 Å². The number of benzene rings is 2. The Kier molecular flexibility index (Phi) is 9.45. The van der Waals surface area contributed by atoms with Crippen molar-refractivity contribution in [2.45, 2.75) is 20.4 Å². The van der Waals surface area contributed by atoms with E-state index in [1.165, 1.54) is 19.6 Å². The van der Waals surface area contributed by atoms with E-state index in [9.17, 15) is 14.4 Å². The van der Waals surface area contributed by atoms with Gasteiger partial charge in [-0.2, -0.15) is 5.10 Å². The Bertz CT molecular complexity index is 1270. The maximum absolute atomic E-state index is 12.4. The Balaban J connectivity index is 1.55. The van der Waals surface area contributed by atoms with Crippen molar-refractivity contribution in [1.29, 1.82) is 0 Å². The van der Waals surface area contributed by atoms with Crippen molar-refractivity contribution in [3.05, 3.63) is 74.7 Å². The number of anilines is 1. The summed E-state index contributed by atoms with van der Waals surface area (Å²) in [7, 11) is 1.47. The number of ether oxygens (including phenoxy) is 2. The molecule has 0 saturated carbocycles. The Hall–Kier alpha value is -3.87. The molecule has 0 aliphatic carbocycles. The molecule has 0 bridgehead atoms. The van der Waals surface area contributed by atoms with Gasteiger partial charge in [0.2, 0.25) is 0 Å². The molecule has 2 aromatic carbocycles. The predicted molar refractivity (Wildman–Crippen MR) is 142 cm³/mol. The summed E-state index contributed by atoms with van der Waals surface area (Å²) < 4.78 is 16.9. The number of nitrogens with zero attached hydrogens (tertiary/aromatic N) is 1. The van der Waals surface area contributed by atoms with Gasteiger partial charge in [-0.25, -0.2) is 5.43 Å². The fourth-order valence-corrected chi connectivity index (χ4v) is 3.77. The van der Waals surface area contributed by atoms with E-state index < -0.39 is 11.8 Å². The molecule has 11 heteroatoms. The van der Waals surface area contributed by atoms with Crippen LogP contribution in [0.15, 0.2) is 58.2 Å². The van der Waals surface area contributed by atoms with E-state index in [0.29, 0.717) is 32.1 Å². The number of nitrogens with one attached hydrogen (secondary N) is 3. The standard InChI is InChI=1S/C25H25IN4O6/c1-15-6-7-18(9-16(15)2)29-22(31)14-36-23-20(26)10-17(11-21(23)34-3)12-28-30-25(33)24(32)27-13-19-5-4-8-35-19/h4-12H,13-14H2,1-3H3,(H,27,32)(H,29,31)(H,30,33)/b28-12-. The first-order valence-electron chi connectivity index (χ1n) is 10.8. The van der Waals surface area contributed by atoms with Crippen molar-refractivity contribution < 1.29 is 28.3 Å². The average Bonchev–Trinajstić information content (AvgIpc) is 3.37. The van der Waals surface area contributed by atoms with E-state index in [1.807, 2.05) is 54.6 Å². The number of aryl methyl sites for hydroxylation is 2. The van der Waals surface area contributed by atoms with Crippen LogP contribution >= 0.6 is 22.6 Å². The van der Waals surface area contributed by atoms with Crippen LogP contribution in [0.4, 0.5) is 5.69 Å². The Labute approximate surface area is 221 Å². The molecule has 0 saturated heterocycles. The normalized spacial score (nSPS) is 10.7. The highest BCUT2D eigenvalue weighted by Crippen LogP contribution is 2.33. The molecule has 10 nitrogen and oxygen atoms in total. The number of halogens is 1. The molecule has 3 amide bonds. The summed E-state index contributed by atoms with van der Waals surface area (Å²) in [5.74, 6) is -0.787. The number of rotatable bonds is 9. The molecule has 1 heterocycles. The van der Waals surface area contributed by atoms with Crippen LogP contribution in [0.3, 0.4) is 0 Å². The zero-order valence-corrected chi connectivity index (χ0v) is 22.0. The summed E-state index contributed by atoms with van der Waals surface area (Å²) >= 11 is 2.05. The van der Waals surface area contributed by atoms with E-state index in [1.54, 1.807) is 24.3 Å². The summed E-state index contributed by atoms with van der Waals surface area (Å²) in [6, 6.07) is 12.4. The predicted octanol–water partition coefficient (Wildman–Crippen LogP) is 3.29. The van der Waals surface area contributed by atoms with Gasteiger partial charge >= 0.3 is 11.8 Å². The monoisotopic (exact) mass is 604 g/mol. The lowest BCUT2D eigenvalue weighted by Crippen LogP contribution is -2.37. The van der Waals surface area contributed by atoms with Gasteiger partial charge in [-0.15, -0.1) is 0 Å². The van der Waals surface area contributed by atoms with Crippen molar-refractivity contribution in [3.8, 4) is 11.5 Å². The Morgan fingerprint density at radius 1 is 1.08 bits per heavy atom. The van der Waals surface area contributed by atoms with Gasteiger partial charge in [0.05, 0.1) is 29.7 Å². The van der Waals surface area contributed by atoms with Crippen LogP contribution in [-0.4, -0.2) is 37.7 Å². The second kappa shape index (κ2) is 12.7. The molecular formula is C25H25IN4O6.